The molecule has 0 fully saturated rings. The monoisotopic (exact) mass is 443 g/mol. The molecule has 1 amide bonds. The van der Waals surface area contributed by atoms with Crippen LogP contribution in [0.2, 0.25) is 5.02 Å². The molecule has 4 nitrogen and oxygen atoms in total. The minimum atomic E-state index is -0.0814. The quantitative estimate of drug-likeness (QED) is 0.362. The molecule has 1 aliphatic heterocycles. The van der Waals surface area contributed by atoms with Gasteiger partial charge in [0.05, 0.1) is 5.69 Å². The SMILES string of the molecule is C=CCNC(=O)c1c(-c2ccc(C)cc2)c2c3n(c(-c4ccc(Cl)cc4)cn13)CCCC2. The van der Waals surface area contributed by atoms with Crippen LogP contribution < -0.4 is 5.32 Å². The Balaban J connectivity index is 1.81. The zero-order valence-electron chi connectivity index (χ0n) is 18.2. The number of rotatable bonds is 5. The molecule has 0 saturated carbocycles. The number of carbonyl (C=O) groups excluding carboxylic acids is 1. The van der Waals surface area contributed by atoms with Crippen molar-refractivity contribution in [3.63, 3.8) is 0 Å². The number of halogens is 1. The fraction of sp³-hybridized carbons (Fsp3) is 0.222. The van der Waals surface area contributed by atoms with Crippen molar-refractivity contribution >= 4 is 23.2 Å². The minimum absolute atomic E-state index is 0.0814. The van der Waals surface area contributed by atoms with Gasteiger partial charge in [0.25, 0.3) is 5.91 Å². The molecular weight excluding hydrogens is 418 g/mol. The summed E-state index contributed by atoms with van der Waals surface area (Å²) in [4.78, 5) is 13.4. The molecule has 0 atom stereocenters. The molecule has 0 bridgehead atoms. The Morgan fingerprint density at radius 2 is 1.81 bits per heavy atom. The van der Waals surface area contributed by atoms with E-state index in [1.807, 2.05) is 24.3 Å². The third kappa shape index (κ3) is 3.45. The molecule has 4 aromatic rings. The highest BCUT2D eigenvalue weighted by Crippen LogP contribution is 2.39. The number of aromatic nitrogens is 2. The Morgan fingerprint density at radius 3 is 2.53 bits per heavy atom. The van der Waals surface area contributed by atoms with Gasteiger partial charge in [0, 0.05) is 35.4 Å². The van der Waals surface area contributed by atoms with Crippen LogP contribution in [0.5, 0.6) is 0 Å². The molecule has 162 valence electrons. The van der Waals surface area contributed by atoms with Crippen LogP contribution in [-0.2, 0) is 13.0 Å². The van der Waals surface area contributed by atoms with Gasteiger partial charge < -0.3 is 9.88 Å². The van der Waals surface area contributed by atoms with E-state index in [1.54, 1.807) is 6.08 Å². The molecule has 1 aliphatic rings. The van der Waals surface area contributed by atoms with Crippen LogP contribution in [0.4, 0.5) is 0 Å². The highest BCUT2D eigenvalue weighted by Gasteiger charge is 2.29. The molecule has 1 N–H and O–H groups in total. The number of carbonyl (C=O) groups is 1. The van der Waals surface area contributed by atoms with Crippen molar-refractivity contribution in [3.8, 4) is 22.4 Å². The third-order valence-corrected chi connectivity index (χ3v) is 6.49. The summed E-state index contributed by atoms with van der Waals surface area (Å²) in [7, 11) is 0. The van der Waals surface area contributed by atoms with Crippen LogP contribution in [0.15, 0.2) is 67.4 Å². The number of nitrogens with one attached hydrogen (secondary N) is 1. The zero-order chi connectivity index (χ0) is 22.2. The van der Waals surface area contributed by atoms with Gasteiger partial charge in [-0.3, -0.25) is 9.20 Å². The van der Waals surface area contributed by atoms with Crippen LogP contribution >= 0.6 is 11.6 Å². The smallest absolute Gasteiger partial charge is 0.269 e. The summed E-state index contributed by atoms with van der Waals surface area (Å²) in [6, 6.07) is 16.4. The lowest BCUT2D eigenvalue weighted by atomic mass is 9.97. The summed E-state index contributed by atoms with van der Waals surface area (Å²) in [5.74, 6) is -0.0814. The predicted octanol–water partition coefficient (Wildman–Crippen LogP) is 6.29. The number of imidazole rings is 1. The van der Waals surface area contributed by atoms with Gasteiger partial charge in [0.1, 0.15) is 11.3 Å². The third-order valence-electron chi connectivity index (χ3n) is 6.24. The maximum atomic E-state index is 13.4. The molecule has 5 rings (SSSR count). The number of aryl methyl sites for hydroxylation is 3. The number of amides is 1. The van der Waals surface area contributed by atoms with E-state index in [1.165, 1.54) is 11.1 Å². The average molecular weight is 444 g/mol. The van der Waals surface area contributed by atoms with Crippen molar-refractivity contribution in [2.45, 2.75) is 32.7 Å². The lowest BCUT2D eigenvalue weighted by molar-refractivity contribution is 0.0953. The Morgan fingerprint density at radius 1 is 1.09 bits per heavy atom. The van der Waals surface area contributed by atoms with Crippen molar-refractivity contribution < 1.29 is 4.79 Å². The summed E-state index contributed by atoms with van der Waals surface area (Å²) in [5.41, 5.74) is 8.59. The summed E-state index contributed by atoms with van der Waals surface area (Å²) < 4.78 is 4.46. The van der Waals surface area contributed by atoms with Gasteiger partial charge >= 0.3 is 0 Å². The lowest BCUT2D eigenvalue weighted by Gasteiger charge is -2.10. The first-order chi connectivity index (χ1) is 15.6. The number of hydrogen-bond acceptors (Lipinski definition) is 1. The van der Waals surface area contributed by atoms with Crippen molar-refractivity contribution in [1.29, 1.82) is 0 Å². The van der Waals surface area contributed by atoms with Gasteiger partial charge in [-0.25, -0.2) is 0 Å². The minimum Gasteiger partial charge on any atom is -0.347 e. The fourth-order valence-electron chi connectivity index (χ4n) is 4.74. The van der Waals surface area contributed by atoms with Gasteiger partial charge in [0.2, 0.25) is 0 Å². The van der Waals surface area contributed by atoms with E-state index in [0.29, 0.717) is 12.2 Å². The second kappa shape index (κ2) is 8.36. The molecule has 2 aromatic heterocycles. The second-order valence-electron chi connectivity index (χ2n) is 8.39. The Labute approximate surface area is 193 Å². The standard InChI is InChI=1S/C27H26ClN3O/c1-3-15-29-26(32)25-24(20-9-7-18(2)8-10-20)22-6-4-5-16-30-23(17-31(25)27(22)30)19-11-13-21(28)14-12-19/h3,7-14,17H,1,4-6,15-16H2,2H3,(H,29,32). The largest absolute Gasteiger partial charge is 0.347 e. The maximum absolute atomic E-state index is 13.4. The van der Waals surface area contributed by atoms with E-state index in [9.17, 15) is 4.79 Å². The molecule has 0 saturated heterocycles. The van der Waals surface area contributed by atoms with Crippen LogP contribution in [-0.4, -0.2) is 21.4 Å². The molecule has 0 unspecified atom stereocenters. The molecule has 2 aromatic carbocycles. The Kier molecular flexibility index (Phi) is 5.40. The van der Waals surface area contributed by atoms with E-state index < -0.39 is 0 Å². The highest BCUT2D eigenvalue weighted by molar-refractivity contribution is 6.30. The van der Waals surface area contributed by atoms with Crippen LogP contribution in [0, 0.1) is 6.92 Å². The average Bonchev–Trinajstić information content (AvgIpc) is 3.21. The summed E-state index contributed by atoms with van der Waals surface area (Å²) in [6.45, 7) is 7.19. The zero-order valence-corrected chi connectivity index (χ0v) is 19.0. The van der Waals surface area contributed by atoms with E-state index in [0.717, 1.165) is 58.9 Å². The molecule has 0 spiro atoms. The fourth-order valence-corrected chi connectivity index (χ4v) is 4.87. The van der Waals surface area contributed by atoms with E-state index in [2.05, 4.69) is 58.2 Å². The van der Waals surface area contributed by atoms with Crippen molar-refractivity contribution in [1.82, 2.24) is 14.3 Å². The summed E-state index contributed by atoms with van der Waals surface area (Å²) in [5, 5.41) is 3.72. The highest BCUT2D eigenvalue weighted by atomic mass is 35.5. The normalized spacial score (nSPS) is 13.2. The lowest BCUT2D eigenvalue weighted by Crippen LogP contribution is -2.25. The molecule has 0 aliphatic carbocycles. The van der Waals surface area contributed by atoms with Gasteiger partial charge in [-0.15, -0.1) is 6.58 Å². The van der Waals surface area contributed by atoms with E-state index in [-0.39, 0.29) is 5.91 Å². The molecule has 0 radical (unpaired) electrons. The van der Waals surface area contributed by atoms with Crippen LogP contribution in [0.25, 0.3) is 28.0 Å². The number of hydrogen-bond donors (Lipinski definition) is 1. The first-order valence-corrected chi connectivity index (χ1v) is 11.4. The van der Waals surface area contributed by atoms with Crippen LogP contribution in [0.3, 0.4) is 0 Å². The topological polar surface area (TPSA) is 38.4 Å². The number of nitrogens with zero attached hydrogens (tertiary/aromatic N) is 2. The second-order valence-corrected chi connectivity index (χ2v) is 8.83. The van der Waals surface area contributed by atoms with Crippen LogP contribution in [0.1, 0.15) is 34.5 Å². The van der Waals surface area contributed by atoms with E-state index in [4.69, 9.17) is 11.6 Å². The molecule has 32 heavy (non-hydrogen) atoms. The van der Waals surface area contributed by atoms with Crippen molar-refractivity contribution in [2.75, 3.05) is 6.54 Å². The summed E-state index contributed by atoms with van der Waals surface area (Å²) in [6.07, 6.45) is 6.96. The first-order valence-electron chi connectivity index (χ1n) is 11.1. The maximum Gasteiger partial charge on any atom is 0.269 e. The van der Waals surface area contributed by atoms with Gasteiger partial charge in [0.15, 0.2) is 0 Å². The van der Waals surface area contributed by atoms with E-state index >= 15 is 0 Å². The molecule has 3 heterocycles. The van der Waals surface area contributed by atoms with Gasteiger partial charge in [-0.2, -0.15) is 0 Å². The molecular formula is C27H26ClN3O. The first kappa shape index (κ1) is 20.7. The van der Waals surface area contributed by atoms with Crippen molar-refractivity contribution in [3.05, 3.63) is 89.2 Å². The number of benzene rings is 2. The Hall–Kier alpha value is -3.24. The predicted molar refractivity (Wildman–Crippen MR) is 131 cm³/mol. The van der Waals surface area contributed by atoms with Gasteiger partial charge in [-0.05, 0) is 49.4 Å². The Bertz CT molecular complexity index is 1310. The van der Waals surface area contributed by atoms with Crippen molar-refractivity contribution in [2.24, 2.45) is 0 Å². The van der Waals surface area contributed by atoms with Gasteiger partial charge in [-0.1, -0.05) is 59.6 Å². The summed E-state index contributed by atoms with van der Waals surface area (Å²) >= 11 is 6.13. The molecule has 5 heteroatoms.